The van der Waals surface area contributed by atoms with E-state index in [4.69, 9.17) is 27.9 Å². The fraction of sp³-hybridized carbons (Fsp3) is 0.300. The molecule has 156 valence electrons. The summed E-state index contributed by atoms with van der Waals surface area (Å²) in [6.45, 7) is 4.82. The third-order valence-corrected chi connectivity index (χ3v) is 5.97. The first-order valence-electron chi connectivity index (χ1n) is 8.67. The molecule has 0 aliphatic heterocycles. The average molecular weight is 458 g/mol. The maximum atomic E-state index is 12.5. The zero-order valence-electron chi connectivity index (χ0n) is 16.3. The second kappa shape index (κ2) is 9.15. The summed E-state index contributed by atoms with van der Waals surface area (Å²) in [5.74, 6) is -1.30. The van der Waals surface area contributed by atoms with Gasteiger partial charge in [0.2, 0.25) is 0 Å². The van der Waals surface area contributed by atoms with E-state index < -0.39 is 33.9 Å². The number of carbonyl (C=O) groups excluding carboxylic acids is 2. The SMILES string of the molecule is Cc1ccc(S(C)(=O)=O)cc1C(=O)O[C@@H](C)C(=O)N[C@@H](C)c1ccc(Cl)cc1Cl. The van der Waals surface area contributed by atoms with Gasteiger partial charge in [0, 0.05) is 16.3 Å². The zero-order chi connectivity index (χ0) is 21.9. The molecule has 2 atom stereocenters. The standard InChI is InChI=1S/C20H21Cl2NO5S/c1-11-5-7-15(29(4,26)27)10-17(11)20(25)28-13(3)19(24)23-12(2)16-8-6-14(21)9-18(16)22/h5-10,12-13H,1-4H3,(H,23,24)/t12-,13-/m0/s1. The zero-order valence-corrected chi connectivity index (χ0v) is 18.7. The molecule has 0 unspecified atom stereocenters. The number of hydrogen-bond acceptors (Lipinski definition) is 5. The van der Waals surface area contributed by atoms with E-state index in [0.29, 0.717) is 21.2 Å². The molecule has 9 heteroatoms. The highest BCUT2D eigenvalue weighted by atomic mass is 35.5. The molecule has 0 bridgehead atoms. The Hall–Kier alpha value is -2.09. The van der Waals surface area contributed by atoms with Crippen LogP contribution in [-0.4, -0.2) is 32.7 Å². The normalized spacial score (nSPS) is 13.4. The Morgan fingerprint density at radius 3 is 2.31 bits per heavy atom. The summed E-state index contributed by atoms with van der Waals surface area (Å²) in [6.07, 6.45) is -0.0520. The first kappa shape index (κ1) is 23.2. The van der Waals surface area contributed by atoms with E-state index >= 15 is 0 Å². The maximum Gasteiger partial charge on any atom is 0.339 e. The van der Waals surface area contributed by atoms with Crippen molar-refractivity contribution in [2.45, 2.75) is 37.8 Å². The molecule has 1 amide bonds. The minimum absolute atomic E-state index is 0.00171. The van der Waals surface area contributed by atoms with Gasteiger partial charge in [-0.2, -0.15) is 0 Å². The predicted octanol–water partition coefficient (Wildman–Crippen LogP) is 4.13. The number of nitrogens with one attached hydrogen (secondary N) is 1. The number of benzene rings is 2. The molecule has 0 saturated carbocycles. The fourth-order valence-electron chi connectivity index (χ4n) is 2.59. The lowest BCUT2D eigenvalue weighted by Gasteiger charge is -2.19. The van der Waals surface area contributed by atoms with Crippen molar-refractivity contribution in [2.24, 2.45) is 0 Å². The van der Waals surface area contributed by atoms with Crippen LogP contribution in [0, 0.1) is 6.92 Å². The summed E-state index contributed by atoms with van der Waals surface area (Å²) in [7, 11) is -3.48. The minimum Gasteiger partial charge on any atom is -0.449 e. The number of rotatable bonds is 6. The molecule has 0 saturated heterocycles. The van der Waals surface area contributed by atoms with Crippen LogP contribution in [0.1, 0.15) is 41.4 Å². The Morgan fingerprint density at radius 1 is 1.07 bits per heavy atom. The molecule has 1 N–H and O–H groups in total. The summed E-state index contributed by atoms with van der Waals surface area (Å²) >= 11 is 12.0. The highest BCUT2D eigenvalue weighted by molar-refractivity contribution is 7.90. The van der Waals surface area contributed by atoms with E-state index in [1.165, 1.54) is 25.1 Å². The summed E-state index contributed by atoms with van der Waals surface area (Å²) in [6, 6.07) is 8.66. The molecule has 2 aromatic rings. The van der Waals surface area contributed by atoms with Gasteiger partial charge in [0.15, 0.2) is 15.9 Å². The molecule has 0 aromatic heterocycles. The van der Waals surface area contributed by atoms with Crippen molar-refractivity contribution >= 4 is 44.9 Å². The number of sulfone groups is 1. The van der Waals surface area contributed by atoms with Gasteiger partial charge in [-0.15, -0.1) is 0 Å². The van der Waals surface area contributed by atoms with Crippen molar-refractivity contribution in [1.82, 2.24) is 5.32 Å². The Kier molecular flexibility index (Phi) is 7.32. The molecule has 0 aliphatic rings. The summed E-state index contributed by atoms with van der Waals surface area (Å²) in [5.41, 5.74) is 1.29. The van der Waals surface area contributed by atoms with Crippen LogP contribution in [0.5, 0.6) is 0 Å². The Bertz CT molecular complexity index is 1050. The Morgan fingerprint density at radius 2 is 1.72 bits per heavy atom. The third-order valence-electron chi connectivity index (χ3n) is 4.30. The van der Waals surface area contributed by atoms with Crippen LogP contribution < -0.4 is 5.32 Å². The van der Waals surface area contributed by atoms with Gasteiger partial charge in [-0.25, -0.2) is 13.2 Å². The molecule has 0 fully saturated rings. The molecular weight excluding hydrogens is 437 g/mol. The number of amides is 1. The number of esters is 1. The Balaban J connectivity index is 2.10. The molecule has 6 nitrogen and oxygen atoms in total. The topological polar surface area (TPSA) is 89.5 Å². The second-order valence-electron chi connectivity index (χ2n) is 6.69. The molecule has 0 radical (unpaired) electrons. The summed E-state index contributed by atoms with van der Waals surface area (Å²) in [4.78, 5) is 24.9. The average Bonchev–Trinajstić information content (AvgIpc) is 2.60. The highest BCUT2D eigenvalue weighted by Crippen LogP contribution is 2.26. The van der Waals surface area contributed by atoms with Gasteiger partial charge in [-0.3, -0.25) is 4.79 Å². The fourth-order valence-corrected chi connectivity index (χ4v) is 3.81. The molecular formula is C20H21Cl2NO5S. The van der Waals surface area contributed by atoms with Crippen LogP contribution in [0.4, 0.5) is 0 Å². The number of hydrogen-bond donors (Lipinski definition) is 1. The smallest absolute Gasteiger partial charge is 0.339 e. The maximum absolute atomic E-state index is 12.5. The molecule has 0 aliphatic carbocycles. The van der Waals surface area contributed by atoms with Crippen molar-refractivity contribution in [3.8, 4) is 0 Å². The Labute approximate surface area is 180 Å². The molecule has 0 spiro atoms. The number of carbonyl (C=O) groups is 2. The lowest BCUT2D eigenvalue weighted by Crippen LogP contribution is -2.37. The van der Waals surface area contributed by atoms with E-state index in [9.17, 15) is 18.0 Å². The largest absolute Gasteiger partial charge is 0.449 e. The quantitative estimate of drug-likeness (QED) is 0.658. The second-order valence-corrected chi connectivity index (χ2v) is 9.55. The lowest BCUT2D eigenvalue weighted by atomic mass is 10.1. The van der Waals surface area contributed by atoms with Crippen molar-refractivity contribution < 1.29 is 22.7 Å². The molecule has 2 rings (SSSR count). The van der Waals surface area contributed by atoms with Crippen molar-refractivity contribution in [3.05, 3.63) is 63.1 Å². The molecule has 29 heavy (non-hydrogen) atoms. The first-order valence-corrected chi connectivity index (χ1v) is 11.3. The number of aryl methyl sites for hydroxylation is 1. The van der Waals surface area contributed by atoms with Gasteiger partial charge in [0.1, 0.15) is 0 Å². The van der Waals surface area contributed by atoms with Gasteiger partial charge in [-0.05, 0) is 56.2 Å². The van der Waals surface area contributed by atoms with E-state index in [2.05, 4.69) is 5.32 Å². The van der Waals surface area contributed by atoms with Gasteiger partial charge in [-0.1, -0.05) is 35.3 Å². The predicted molar refractivity (Wildman–Crippen MR) is 112 cm³/mol. The van der Waals surface area contributed by atoms with E-state index in [1.807, 2.05) is 0 Å². The summed E-state index contributed by atoms with van der Waals surface area (Å²) in [5, 5.41) is 3.61. The van der Waals surface area contributed by atoms with Crippen LogP contribution in [0.25, 0.3) is 0 Å². The summed E-state index contributed by atoms with van der Waals surface area (Å²) < 4.78 is 28.7. The highest BCUT2D eigenvalue weighted by Gasteiger charge is 2.23. The molecule has 2 aromatic carbocycles. The van der Waals surface area contributed by atoms with Gasteiger partial charge in [0.25, 0.3) is 5.91 Å². The third kappa shape index (κ3) is 5.95. The van der Waals surface area contributed by atoms with Crippen LogP contribution in [0.15, 0.2) is 41.3 Å². The molecule has 0 heterocycles. The van der Waals surface area contributed by atoms with Crippen molar-refractivity contribution in [2.75, 3.05) is 6.26 Å². The van der Waals surface area contributed by atoms with E-state index in [0.717, 1.165) is 6.26 Å². The van der Waals surface area contributed by atoms with Crippen molar-refractivity contribution in [1.29, 1.82) is 0 Å². The van der Waals surface area contributed by atoms with Crippen LogP contribution in [0.2, 0.25) is 10.0 Å². The van der Waals surface area contributed by atoms with Gasteiger partial charge < -0.3 is 10.1 Å². The number of ether oxygens (including phenoxy) is 1. The van der Waals surface area contributed by atoms with Crippen molar-refractivity contribution in [3.63, 3.8) is 0 Å². The van der Waals surface area contributed by atoms with E-state index in [1.54, 1.807) is 32.0 Å². The monoisotopic (exact) mass is 457 g/mol. The lowest BCUT2D eigenvalue weighted by molar-refractivity contribution is -0.129. The van der Waals surface area contributed by atoms with Gasteiger partial charge >= 0.3 is 5.97 Å². The van der Waals surface area contributed by atoms with E-state index in [-0.39, 0.29) is 10.5 Å². The minimum atomic E-state index is -3.48. The van der Waals surface area contributed by atoms with Crippen LogP contribution in [-0.2, 0) is 19.4 Å². The van der Waals surface area contributed by atoms with Crippen LogP contribution in [0.3, 0.4) is 0 Å². The van der Waals surface area contributed by atoms with Gasteiger partial charge in [0.05, 0.1) is 16.5 Å². The number of halogens is 2. The first-order chi connectivity index (χ1) is 13.4. The van der Waals surface area contributed by atoms with Crippen LogP contribution >= 0.6 is 23.2 Å².